The van der Waals surface area contributed by atoms with Gasteiger partial charge in [-0.3, -0.25) is 4.79 Å². The number of aryl methyl sites for hydroxylation is 1. The summed E-state index contributed by atoms with van der Waals surface area (Å²) in [5, 5.41) is 7.12. The lowest BCUT2D eigenvalue weighted by molar-refractivity contribution is -0.192. The van der Waals surface area contributed by atoms with Crippen molar-refractivity contribution in [1.82, 2.24) is 18.8 Å². The maximum absolute atomic E-state index is 13.1. The number of aromatic nitrogens is 2. The Morgan fingerprint density at radius 1 is 1.21 bits per heavy atom. The summed E-state index contributed by atoms with van der Waals surface area (Å²) in [5.41, 5.74) is 0.151. The molecule has 4 rings (SSSR count). The molecule has 3 heterocycles. The number of carbonyl (C=O) groups excluding carboxylic acids is 1. The van der Waals surface area contributed by atoms with E-state index < -0.39 is 33.9 Å². The molecule has 2 aromatic rings. The van der Waals surface area contributed by atoms with E-state index in [1.165, 1.54) is 4.31 Å². The van der Waals surface area contributed by atoms with E-state index in [1.807, 2.05) is 37.6 Å². The summed E-state index contributed by atoms with van der Waals surface area (Å²) in [6, 6.07) is 6.97. The van der Waals surface area contributed by atoms with Crippen molar-refractivity contribution in [1.29, 1.82) is 0 Å². The first kappa shape index (κ1) is 29.6. The number of carboxylic acids is 1. The van der Waals surface area contributed by atoms with Crippen LogP contribution < -0.4 is 0 Å². The van der Waals surface area contributed by atoms with Crippen molar-refractivity contribution in [3.05, 3.63) is 48.0 Å². The molecule has 2 aliphatic heterocycles. The molecule has 2 aliphatic rings. The van der Waals surface area contributed by atoms with Crippen LogP contribution in [-0.4, -0.2) is 82.6 Å². The van der Waals surface area contributed by atoms with Gasteiger partial charge in [0.25, 0.3) is 5.91 Å². The molecule has 1 fully saturated rings. The third kappa shape index (κ3) is 6.18. The maximum Gasteiger partial charge on any atom is 0.490 e. The van der Waals surface area contributed by atoms with Crippen molar-refractivity contribution in [2.75, 3.05) is 26.2 Å². The molecule has 0 aliphatic carbocycles. The van der Waals surface area contributed by atoms with Gasteiger partial charge in [-0.05, 0) is 51.3 Å². The molecule has 0 saturated carbocycles. The highest BCUT2D eigenvalue weighted by Crippen LogP contribution is 2.41. The standard InChI is InChI=1S/C22H30N4O4S.C2HF3O2/c1-4-24(5-2)20(27)19-16-25-14-11-23-21(25)22(30-19)9-12-26(13-10-22)31(28,29)18-8-6-7-17(3)15-18;3-2(4,5)1(6)7/h6-8,11,14-15,19H,4-5,9-10,12-13,16H2,1-3H3;(H,6,7). The van der Waals surface area contributed by atoms with Crippen LogP contribution in [0, 0.1) is 6.92 Å². The van der Waals surface area contributed by atoms with Gasteiger partial charge >= 0.3 is 12.1 Å². The molecule has 1 amide bonds. The molecular weight excluding hydrogens is 529 g/mol. The Morgan fingerprint density at radius 2 is 1.82 bits per heavy atom. The number of benzene rings is 1. The van der Waals surface area contributed by atoms with Crippen molar-refractivity contribution in [3.63, 3.8) is 0 Å². The second kappa shape index (κ2) is 11.4. The number of amides is 1. The Kier molecular flexibility index (Phi) is 8.89. The average Bonchev–Trinajstić information content (AvgIpc) is 3.35. The molecule has 1 aromatic heterocycles. The van der Waals surface area contributed by atoms with E-state index in [-0.39, 0.29) is 5.91 Å². The van der Waals surface area contributed by atoms with Crippen LogP contribution in [-0.2, 0) is 36.5 Å². The van der Waals surface area contributed by atoms with Crippen molar-refractivity contribution >= 4 is 21.9 Å². The Balaban J connectivity index is 0.000000505. The number of alkyl halides is 3. The molecule has 1 unspecified atom stereocenters. The number of hydrogen-bond donors (Lipinski definition) is 1. The third-order valence-electron chi connectivity index (χ3n) is 6.60. The molecule has 0 radical (unpaired) electrons. The first-order valence-corrected chi connectivity index (χ1v) is 13.5. The number of ether oxygens (including phenoxy) is 1. The largest absolute Gasteiger partial charge is 0.490 e. The number of imidazole rings is 1. The second-order valence-corrected chi connectivity index (χ2v) is 11.0. The molecule has 1 spiro atoms. The first-order chi connectivity index (χ1) is 17.7. The van der Waals surface area contributed by atoms with Crippen molar-refractivity contribution < 1.29 is 41.0 Å². The molecule has 0 bridgehead atoms. The number of carbonyl (C=O) groups is 2. The van der Waals surface area contributed by atoms with Gasteiger partial charge < -0.3 is 19.3 Å². The van der Waals surface area contributed by atoms with Gasteiger partial charge in [0.2, 0.25) is 10.0 Å². The van der Waals surface area contributed by atoms with Gasteiger partial charge in [-0.2, -0.15) is 17.5 Å². The topological polar surface area (TPSA) is 122 Å². The van der Waals surface area contributed by atoms with Crippen LogP contribution in [0.25, 0.3) is 0 Å². The van der Waals surface area contributed by atoms with Crippen LogP contribution in [0.5, 0.6) is 0 Å². The summed E-state index contributed by atoms with van der Waals surface area (Å²) in [7, 11) is -3.58. The Hall–Kier alpha value is -2.97. The molecule has 1 saturated heterocycles. The van der Waals surface area contributed by atoms with Crippen molar-refractivity contribution in [2.45, 2.75) is 62.9 Å². The second-order valence-electron chi connectivity index (χ2n) is 9.04. The van der Waals surface area contributed by atoms with Gasteiger partial charge in [-0.25, -0.2) is 18.2 Å². The fourth-order valence-corrected chi connectivity index (χ4v) is 6.17. The Labute approximate surface area is 219 Å². The SMILES string of the molecule is CCN(CC)C(=O)C1Cn2ccnc2C2(CCN(S(=O)(=O)c3cccc(C)c3)CC2)O1.O=C(O)C(F)(F)F. The van der Waals surface area contributed by atoms with Crippen molar-refractivity contribution in [2.24, 2.45) is 0 Å². The number of aliphatic carboxylic acids is 1. The van der Waals surface area contributed by atoms with Crippen LogP contribution in [0.15, 0.2) is 41.6 Å². The summed E-state index contributed by atoms with van der Waals surface area (Å²) in [6.45, 7) is 8.10. The molecule has 38 heavy (non-hydrogen) atoms. The number of halogens is 3. The lowest BCUT2D eigenvalue weighted by Gasteiger charge is -2.45. The maximum atomic E-state index is 13.1. The fourth-order valence-electron chi connectivity index (χ4n) is 4.62. The number of carboxylic acid groups (broad SMARTS) is 1. The molecule has 1 aromatic carbocycles. The minimum absolute atomic E-state index is 0.0291. The number of fused-ring (bicyclic) bond motifs is 2. The molecule has 210 valence electrons. The van der Waals surface area contributed by atoms with E-state index in [0.717, 1.165) is 11.4 Å². The monoisotopic (exact) mass is 560 g/mol. The van der Waals surface area contributed by atoms with Gasteiger partial charge in [0.1, 0.15) is 11.4 Å². The average molecular weight is 561 g/mol. The molecule has 14 heteroatoms. The first-order valence-electron chi connectivity index (χ1n) is 12.1. The van der Waals surface area contributed by atoms with Crippen LogP contribution in [0.2, 0.25) is 0 Å². The predicted molar refractivity (Wildman–Crippen MR) is 130 cm³/mol. The lowest BCUT2D eigenvalue weighted by atomic mass is 9.89. The lowest BCUT2D eigenvalue weighted by Crippen LogP contribution is -2.55. The van der Waals surface area contributed by atoms with E-state index in [4.69, 9.17) is 14.6 Å². The summed E-state index contributed by atoms with van der Waals surface area (Å²) >= 11 is 0. The number of hydrogen-bond acceptors (Lipinski definition) is 6. The van der Waals surface area contributed by atoms with Gasteiger partial charge in [-0.1, -0.05) is 12.1 Å². The third-order valence-corrected chi connectivity index (χ3v) is 8.50. The van der Waals surface area contributed by atoms with E-state index in [1.54, 1.807) is 29.3 Å². The van der Waals surface area contributed by atoms with E-state index in [0.29, 0.717) is 50.5 Å². The van der Waals surface area contributed by atoms with Crippen LogP contribution in [0.4, 0.5) is 13.2 Å². The van der Waals surface area contributed by atoms with E-state index in [9.17, 15) is 26.4 Å². The molecule has 10 nitrogen and oxygen atoms in total. The van der Waals surface area contributed by atoms with Gasteiger partial charge in [0, 0.05) is 38.6 Å². The quantitative estimate of drug-likeness (QED) is 0.597. The van der Waals surface area contributed by atoms with Crippen LogP contribution in [0.1, 0.15) is 38.1 Å². The number of nitrogens with zero attached hydrogens (tertiary/aromatic N) is 4. The van der Waals surface area contributed by atoms with Gasteiger partial charge in [-0.15, -0.1) is 0 Å². The molecule has 1 N–H and O–H groups in total. The minimum Gasteiger partial charge on any atom is -0.475 e. The summed E-state index contributed by atoms with van der Waals surface area (Å²) in [5.74, 6) is -2.00. The zero-order valence-electron chi connectivity index (χ0n) is 21.3. The van der Waals surface area contributed by atoms with Gasteiger partial charge in [0.05, 0.1) is 11.4 Å². The number of rotatable bonds is 5. The summed E-state index contributed by atoms with van der Waals surface area (Å²) < 4.78 is 68.0. The summed E-state index contributed by atoms with van der Waals surface area (Å²) in [4.78, 5) is 28.5. The normalized spacial score (nSPS) is 19.3. The zero-order chi connectivity index (χ0) is 28.3. The number of likely N-dealkylation sites (N-methyl/N-ethyl adjacent to an activating group) is 1. The van der Waals surface area contributed by atoms with Crippen LogP contribution in [0.3, 0.4) is 0 Å². The minimum atomic E-state index is -5.08. The molecule has 1 atom stereocenters. The zero-order valence-corrected chi connectivity index (χ0v) is 22.1. The van der Waals surface area contributed by atoms with Crippen LogP contribution >= 0.6 is 0 Å². The highest BCUT2D eigenvalue weighted by molar-refractivity contribution is 7.89. The van der Waals surface area contributed by atoms with E-state index >= 15 is 0 Å². The van der Waals surface area contributed by atoms with Gasteiger partial charge in [0.15, 0.2) is 6.10 Å². The number of piperidine rings is 1. The smallest absolute Gasteiger partial charge is 0.475 e. The molecular formula is C24H31F3N4O6S. The Bertz CT molecular complexity index is 1250. The highest BCUT2D eigenvalue weighted by Gasteiger charge is 2.49. The summed E-state index contributed by atoms with van der Waals surface area (Å²) in [6.07, 6.45) is -1.17. The van der Waals surface area contributed by atoms with E-state index in [2.05, 4.69) is 4.98 Å². The predicted octanol–water partition coefficient (Wildman–Crippen LogP) is 2.77. The highest BCUT2D eigenvalue weighted by atomic mass is 32.2. The fraction of sp³-hybridized carbons (Fsp3) is 0.542. The number of sulfonamides is 1. The van der Waals surface area contributed by atoms with Crippen molar-refractivity contribution in [3.8, 4) is 0 Å². The Morgan fingerprint density at radius 3 is 2.34 bits per heavy atom.